The van der Waals surface area contributed by atoms with Gasteiger partial charge >= 0.3 is 5.97 Å². The van der Waals surface area contributed by atoms with Crippen LogP contribution in [0.5, 0.6) is 0 Å². The first-order chi connectivity index (χ1) is 14.3. The molecule has 7 nitrogen and oxygen atoms in total. The number of anilines is 1. The predicted molar refractivity (Wildman–Crippen MR) is 114 cm³/mol. The van der Waals surface area contributed by atoms with E-state index in [0.29, 0.717) is 23.7 Å². The number of carbonyl (C=O) groups is 2. The fourth-order valence-electron chi connectivity index (χ4n) is 3.73. The van der Waals surface area contributed by atoms with E-state index in [9.17, 15) is 18.0 Å². The maximum Gasteiger partial charge on any atom is 0.349 e. The molecule has 1 N–H and O–H groups in total. The molecule has 1 fully saturated rings. The van der Waals surface area contributed by atoms with E-state index in [-0.39, 0.29) is 4.90 Å². The second-order valence-electron chi connectivity index (χ2n) is 7.58. The van der Waals surface area contributed by atoms with Crippen molar-refractivity contribution in [3.8, 4) is 0 Å². The summed E-state index contributed by atoms with van der Waals surface area (Å²) < 4.78 is 31.9. The summed E-state index contributed by atoms with van der Waals surface area (Å²) in [5.41, 5.74) is 1.64. The first-order valence-corrected chi connectivity index (χ1v) is 12.3. The van der Waals surface area contributed by atoms with Gasteiger partial charge in [-0.25, -0.2) is 13.2 Å². The van der Waals surface area contributed by atoms with Crippen molar-refractivity contribution in [1.82, 2.24) is 4.31 Å². The molecule has 1 saturated heterocycles. The molecule has 2 aromatic rings. The third-order valence-corrected chi connectivity index (χ3v) is 8.56. The van der Waals surface area contributed by atoms with Crippen LogP contribution in [0.3, 0.4) is 0 Å². The van der Waals surface area contributed by atoms with Crippen molar-refractivity contribution in [1.29, 1.82) is 0 Å². The van der Waals surface area contributed by atoms with Crippen molar-refractivity contribution >= 4 is 38.9 Å². The highest BCUT2D eigenvalue weighted by molar-refractivity contribution is 7.89. The Kier molecular flexibility index (Phi) is 5.95. The van der Waals surface area contributed by atoms with Gasteiger partial charge in [0, 0.05) is 23.7 Å². The number of nitrogens with zero attached hydrogens (tertiary/aromatic N) is 1. The van der Waals surface area contributed by atoms with E-state index >= 15 is 0 Å². The summed E-state index contributed by atoms with van der Waals surface area (Å²) in [5.74, 6) is -0.966. The van der Waals surface area contributed by atoms with Crippen molar-refractivity contribution in [2.75, 3.05) is 18.4 Å². The Bertz CT molecular complexity index is 1030. The average molecular weight is 449 g/mol. The van der Waals surface area contributed by atoms with Crippen LogP contribution in [-0.2, 0) is 32.4 Å². The highest BCUT2D eigenvalue weighted by atomic mass is 32.2. The molecule has 0 radical (unpaired) electrons. The number of thiophene rings is 1. The van der Waals surface area contributed by atoms with Crippen LogP contribution in [0.1, 0.15) is 46.3 Å². The molecular weight excluding hydrogens is 424 g/mol. The second-order valence-corrected chi connectivity index (χ2v) is 10.7. The standard InChI is InChI=1S/C21H24N2O5S2/c1-14(28-21(25)19-13-15-5-4-6-18(15)29-19)20(24)22-16-7-9-17(10-8-16)30(26,27)23-11-2-3-12-23/h7-10,13-14H,2-6,11-12H2,1H3,(H,22,24)/t14-/m1/s1. The average Bonchev–Trinajstić information content (AvgIpc) is 3.45. The lowest BCUT2D eigenvalue weighted by atomic mass is 10.2. The smallest absolute Gasteiger partial charge is 0.349 e. The van der Waals surface area contributed by atoms with E-state index in [2.05, 4.69) is 5.32 Å². The van der Waals surface area contributed by atoms with Crippen molar-refractivity contribution in [2.45, 2.75) is 50.0 Å². The number of benzene rings is 1. The minimum Gasteiger partial charge on any atom is -0.448 e. The molecule has 2 aliphatic rings. The number of esters is 1. The van der Waals surface area contributed by atoms with E-state index in [4.69, 9.17) is 4.74 Å². The third-order valence-electron chi connectivity index (χ3n) is 5.43. The first kappa shape index (κ1) is 21.0. The van der Waals surface area contributed by atoms with Gasteiger partial charge in [-0.05, 0) is 74.9 Å². The van der Waals surface area contributed by atoms with Crippen LogP contribution in [0.4, 0.5) is 5.69 Å². The molecule has 4 rings (SSSR count). The van der Waals surface area contributed by atoms with Gasteiger partial charge in [0.1, 0.15) is 4.88 Å². The summed E-state index contributed by atoms with van der Waals surface area (Å²) in [6.45, 7) is 2.59. The molecule has 0 saturated carbocycles. The van der Waals surface area contributed by atoms with Gasteiger partial charge in [0.05, 0.1) is 4.90 Å². The SMILES string of the molecule is C[C@@H](OC(=O)c1cc2c(s1)CCC2)C(=O)Nc1ccc(S(=O)(=O)N2CCCC2)cc1. The largest absolute Gasteiger partial charge is 0.448 e. The van der Waals surface area contributed by atoms with E-state index in [1.807, 2.05) is 6.07 Å². The number of carbonyl (C=O) groups excluding carboxylic acids is 2. The Balaban J connectivity index is 1.35. The van der Waals surface area contributed by atoms with Crippen LogP contribution >= 0.6 is 11.3 Å². The third kappa shape index (κ3) is 4.28. The van der Waals surface area contributed by atoms with E-state index < -0.39 is 28.0 Å². The minimum absolute atomic E-state index is 0.201. The molecule has 1 aliphatic carbocycles. The van der Waals surface area contributed by atoms with Crippen molar-refractivity contribution in [3.63, 3.8) is 0 Å². The van der Waals surface area contributed by atoms with Crippen LogP contribution < -0.4 is 5.32 Å². The number of nitrogens with one attached hydrogen (secondary N) is 1. The maximum absolute atomic E-state index is 12.6. The van der Waals surface area contributed by atoms with Crippen molar-refractivity contribution in [2.24, 2.45) is 0 Å². The predicted octanol–water partition coefficient (Wildman–Crippen LogP) is 3.21. The Morgan fingerprint density at radius 2 is 1.80 bits per heavy atom. The van der Waals surface area contributed by atoms with Gasteiger partial charge < -0.3 is 10.1 Å². The molecule has 0 bridgehead atoms. The number of amides is 1. The summed E-state index contributed by atoms with van der Waals surface area (Å²) in [7, 11) is -3.49. The molecule has 1 aromatic carbocycles. The van der Waals surface area contributed by atoms with Crippen molar-refractivity contribution in [3.05, 3.63) is 45.6 Å². The highest BCUT2D eigenvalue weighted by Gasteiger charge is 2.27. The van der Waals surface area contributed by atoms with Crippen LogP contribution in [0.25, 0.3) is 0 Å². The highest BCUT2D eigenvalue weighted by Crippen LogP contribution is 2.31. The van der Waals surface area contributed by atoms with E-state index in [1.165, 1.54) is 45.1 Å². The Hall–Kier alpha value is -2.23. The number of hydrogen-bond acceptors (Lipinski definition) is 6. The number of fused-ring (bicyclic) bond motifs is 1. The summed E-state index contributed by atoms with van der Waals surface area (Å²) in [4.78, 5) is 26.7. The monoisotopic (exact) mass is 448 g/mol. The van der Waals surface area contributed by atoms with Gasteiger partial charge in [-0.15, -0.1) is 11.3 Å². The van der Waals surface area contributed by atoms with Crippen LogP contribution in [0.2, 0.25) is 0 Å². The Labute approximate surface area is 180 Å². The molecular formula is C21H24N2O5S2. The summed E-state index contributed by atoms with van der Waals surface area (Å²) in [6.07, 6.45) is 3.87. The molecule has 0 unspecified atom stereocenters. The number of aryl methyl sites for hydroxylation is 2. The van der Waals surface area contributed by atoms with Gasteiger partial charge in [0.2, 0.25) is 10.0 Å². The van der Waals surface area contributed by atoms with Gasteiger partial charge in [0.15, 0.2) is 6.10 Å². The molecule has 1 atom stereocenters. The topological polar surface area (TPSA) is 92.8 Å². The first-order valence-electron chi connectivity index (χ1n) is 10.1. The number of hydrogen-bond donors (Lipinski definition) is 1. The molecule has 0 spiro atoms. The molecule has 160 valence electrons. The molecule has 1 amide bonds. The second kappa shape index (κ2) is 8.49. The van der Waals surface area contributed by atoms with Crippen molar-refractivity contribution < 1.29 is 22.7 Å². The lowest BCUT2D eigenvalue weighted by molar-refractivity contribution is -0.123. The zero-order valence-corrected chi connectivity index (χ0v) is 18.4. The fraction of sp³-hybridized carbons (Fsp3) is 0.429. The van der Waals surface area contributed by atoms with Gasteiger partial charge in [-0.1, -0.05) is 0 Å². The molecule has 2 heterocycles. The summed E-state index contributed by atoms with van der Waals surface area (Å²) in [5, 5.41) is 2.66. The fourth-order valence-corrected chi connectivity index (χ4v) is 6.39. The molecule has 1 aliphatic heterocycles. The normalized spacial score (nSPS) is 17.5. The summed E-state index contributed by atoms with van der Waals surface area (Å²) in [6, 6.07) is 7.90. The van der Waals surface area contributed by atoms with E-state index in [1.54, 1.807) is 12.1 Å². The zero-order valence-electron chi connectivity index (χ0n) is 16.7. The number of ether oxygens (including phenoxy) is 1. The van der Waals surface area contributed by atoms with Gasteiger partial charge in [-0.3, -0.25) is 4.79 Å². The molecule has 30 heavy (non-hydrogen) atoms. The van der Waals surface area contributed by atoms with Crippen LogP contribution in [-0.4, -0.2) is 43.8 Å². The van der Waals surface area contributed by atoms with Gasteiger partial charge in [0.25, 0.3) is 5.91 Å². The van der Waals surface area contributed by atoms with Gasteiger partial charge in [-0.2, -0.15) is 4.31 Å². The van der Waals surface area contributed by atoms with Crippen LogP contribution in [0, 0.1) is 0 Å². The minimum atomic E-state index is -3.49. The maximum atomic E-state index is 12.6. The molecule has 1 aromatic heterocycles. The Morgan fingerprint density at radius 1 is 1.10 bits per heavy atom. The van der Waals surface area contributed by atoms with Crippen LogP contribution in [0.15, 0.2) is 35.2 Å². The lowest BCUT2D eigenvalue weighted by Gasteiger charge is -2.16. The van der Waals surface area contributed by atoms with E-state index in [0.717, 1.165) is 32.1 Å². The zero-order chi connectivity index (χ0) is 21.3. The number of sulfonamides is 1. The Morgan fingerprint density at radius 3 is 2.47 bits per heavy atom. The lowest BCUT2D eigenvalue weighted by Crippen LogP contribution is -2.30. The summed E-state index contributed by atoms with van der Waals surface area (Å²) >= 11 is 1.43. The molecule has 9 heteroatoms. The quantitative estimate of drug-likeness (QED) is 0.685. The number of rotatable bonds is 6.